The number of phenolic OH excluding ortho intramolecular Hbond substituents is 1. The van der Waals surface area contributed by atoms with Crippen molar-refractivity contribution >= 4 is 23.1 Å². The molecule has 2 aliphatic carbocycles. The Morgan fingerprint density at radius 2 is 1.47 bits per heavy atom. The largest absolute Gasteiger partial charge is 0.508 e. The van der Waals surface area contributed by atoms with Gasteiger partial charge in [-0.15, -0.1) is 0 Å². The number of Topliss-reactive ketones (excluding diaryl/α,β-unsaturated/α-hetero) is 3. The van der Waals surface area contributed by atoms with Gasteiger partial charge in [0.2, 0.25) is 0 Å². The third-order valence-electron chi connectivity index (χ3n) is 9.69. The number of rotatable bonds is 10. The number of carbonyl (C=O) groups excluding carboxylic acids is 3. The minimum Gasteiger partial charge on any atom is -0.508 e. The zero-order chi connectivity index (χ0) is 32.3. The van der Waals surface area contributed by atoms with Crippen LogP contribution < -0.4 is 0 Å². The number of phenols is 1. The maximum absolute atomic E-state index is 14.9. The molecule has 0 unspecified atom stereocenters. The molecule has 3 atom stereocenters. The fourth-order valence-electron chi connectivity index (χ4n) is 6.84. The lowest BCUT2D eigenvalue weighted by Gasteiger charge is -2.60. The van der Waals surface area contributed by atoms with Crippen LogP contribution in [0.3, 0.4) is 0 Å². The zero-order valence-corrected chi connectivity index (χ0v) is 27.6. The van der Waals surface area contributed by atoms with Crippen LogP contribution in [0.15, 0.2) is 76.4 Å². The average Bonchev–Trinajstić information content (AvgIpc) is 2.91. The summed E-state index contributed by atoms with van der Waals surface area (Å²) in [6.45, 7) is 18.0. The lowest BCUT2D eigenvalue weighted by Crippen LogP contribution is -2.69. The molecule has 0 saturated heterocycles. The first-order valence-electron chi connectivity index (χ1n) is 15.4. The molecule has 2 N–H and O–H groups in total. The van der Waals surface area contributed by atoms with Crippen LogP contribution in [0.1, 0.15) is 106 Å². The number of aromatic hydroxyl groups is 1. The van der Waals surface area contributed by atoms with Crippen molar-refractivity contribution in [2.24, 2.45) is 22.2 Å². The Morgan fingerprint density at radius 3 is 2.05 bits per heavy atom. The first-order valence-corrected chi connectivity index (χ1v) is 15.4. The highest BCUT2D eigenvalue weighted by Crippen LogP contribution is 2.65. The Morgan fingerprint density at radius 1 is 0.860 bits per heavy atom. The second-order valence-corrected chi connectivity index (χ2v) is 13.9. The van der Waals surface area contributed by atoms with Gasteiger partial charge in [0, 0.05) is 5.56 Å². The first-order chi connectivity index (χ1) is 20.0. The molecule has 3 rings (SSSR count). The van der Waals surface area contributed by atoms with E-state index in [9.17, 15) is 24.6 Å². The molecule has 2 saturated carbocycles. The first kappa shape index (κ1) is 34.0. The van der Waals surface area contributed by atoms with Gasteiger partial charge in [-0.05, 0) is 110 Å². The summed E-state index contributed by atoms with van der Waals surface area (Å²) in [5.41, 5.74) is 0.474. The fraction of sp³-hybridized carbons (Fsp3) is 0.500. The number of fused-ring (bicyclic) bond motifs is 2. The molecule has 0 aromatic heterocycles. The van der Waals surface area contributed by atoms with Gasteiger partial charge in [-0.1, -0.05) is 72.6 Å². The van der Waals surface area contributed by atoms with Crippen LogP contribution >= 0.6 is 0 Å². The number of allylic oxidation sites excluding steroid dienone is 9. The summed E-state index contributed by atoms with van der Waals surface area (Å²) < 4.78 is 0. The van der Waals surface area contributed by atoms with Gasteiger partial charge >= 0.3 is 0 Å². The number of hydrogen-bond acceptors (Lipinski definition) is 5. The molecule has 0 amide bonds. The number of ketones is 3. The van der Waals surface area contributed by atoms with Crippen molar-refractivity contribution in [3.63, 3.8) is 0 Å². The van der Waals surface area contributed by atoms with Crippen molar-refractivity contribution in [1.29, 1.82) is 0 Å². The molecular weight excluding hydrogens is 536 g/mol. The van der Waals surface area contributed by atoms with E-state index < -0.39 is 33.6 Å². The monoisotopic (exact) mass is 586 g/mol. The van der Waals surface area contributed by atoms with E-state index >= 15 is 0 Å². The summed E-state index contributed by atoms with van der Waals surface area (Å²) in [5.74, 6) is -2.26. The molecule has 43 heavy (non-hydrogen) atoms. The quantitative estimate of drug-likeness (QED) is 0.0937. The second-order valence-electron chi connectivity index (χ2n) is 13.9. The smallest absolute Gasteiger partial charge is 0.184 e. The summed E-state index contributed by atoms with van der Waals surface area (Å²) >= 11 is 0. The molecule has 2 bridgehead atoms. The van der Waals surface area contributed by atoms with Gasteiger partial charge in [0.15, 0.2) is 17.3 Å². The molecule has 0 aliphatic heterocycles. The predicted octanol–water partition coefficient (Wildman–Crippen LogP) is 9.20. The van der Waals surface area contributed by atoms with E-state index in [4.69, 9.17) is 0 Å². The fourth-order valence-corrected chi connectivity index (χ4v) is 6.84. The summed E-state index contributed by atoms with van der Waals surface area (Å²) in [5, 5.41) is 21.6. The van der Waals surface area contributed by atoms with Crippen molar-refractivity contribution in [2.45, 2.75) is 101 Å². The van der Waals surface area contributed by atoms with E-state index in [-0.39, 0.29) is 41.4 Å². The number of aliphatic hydroxyl groups excluding tert-OH is 1. The van der Waals surface area contributed by atoms with Crippen LogP contribution in [0.25, 0.3) is 5.76 Å². The Balaban J connectivity index is 2.31. The molecule has 0 radical (unpaired) electrons. The molecule has 5 nitrogen and oxygen atoms in total. The van der Waals surface area contributed by atoms with Gasteiger partial charge in [0.25, 0.3) is 0 Å². The van der Waals surface area contributed by atoms with Crippen molar-refractivity contribution in [1.82, 2.24) is 0 Å². The van der Waals surface area contributed by atoms with E-state index in [1.165, 1.54) is 23.3 Å². The molecule has 5 heteroatoms. The lowest BCUT2D eigenvalue weighted by atomic mass is 9.38. The summed E-state index contributed by atoms with van der Waals surface area (Å²) in [7, 11) is 0. The molecule has 232 valence electrons. The van der Waals surface area contributed by atoms with Gasteiger partial charge in [0.05, 0.1) is 5.41 Å². The van der Waals surface area contributed by atoms with Crippen LogP contribution in [0.2, 0.25) is 0 Å². The molecule has 2 aliphatic rings. The highest BCUT2D eigenvalue weighted by molar-refractivity contribution is 6.41. The third kappa shape index (κ3) is 6.41. The van der Waals surface area contributed by atoms with Gasteiger partial charge in [-0.3, -0.25) is 14.4 Å². The highest BCUT2D eigenvalue weighted by Gasteiger charge is 2.73. The summed E-state index contributed by atoms with van der Waals surface area (Å²) in [4.78, 5) is 44.3. The Bertz CT molecular complexity index is 1430. The predicted molar refractivity (Wildman–Crippen MR) is 175 cm³/mol. The van der Waals surface area contributed by atoms with E-state index in [1.54, 1.807) is 12.1 Å². The minimum absolute atomic E-state index is 0.0951. The summed E-state index contributed by atoms with van der Waals surface area (Å²) in [6.07, 6.45) is 11.4. The number of carbonyl (C=O) groups is 3. The van der Waals surface area contributed by atoms with Crippen LogP contribution in [-0.2, 0) is 14.4 Å². The molecule has 0 spiro atoms. The topological polar surface area (TPSA) is 91.7 Å². The van der Waals surface area contributed by atoms with Gasteiger partial charge in [-0.2, -0.15) is 0 Å². The number of hydrogen-bond donors (Lipinski definition) is 2. The maximum atomic E-state index is 14.9. The molecular formula is C38H50O5. The minimum atomic E-state index is -1.54. The third-order valence-corrected chi connectivity index (χ3v) is 9.69. The molecule has 1 aromatic rings. The van der Waals surface area contributed by atoms with Crippen molar-refractivity contribution < 1.29 is 24.6 Å². The Labute approximate surface area is 258 Å². The van der Waals surface area contributed by atoms with Gasteiger partial charge in [-0.25, -0.2) is 0 Å². The standard InChI is InChI=1S/C38H50O5/c1-24(2)12-10-13-27(7)16-17-29-23-37(20-18-25(3)4)33(41)31(32(40)28-14-11-15-30(39)22-28)34(42)38(35(37)43,36(29,8)9)21-19-26(5)6/h11-12,14-16,18-19,22,29,39-40H,10,13,17,20-21,23H2,1-9H3/b27-16+,32-31-/t29-,37+,38-/m0/s1. The number of benzene rings is 1. The molecule has 1 aromatic carbocycles. The van der Waals surface area contributed by atoms with Crippen molar-refractivity contribution in [2.75, 3.05) is 0 Å². The Hall–Kier alpha value is -3.47. The maximum Gasteiger partial charge on any atom is 0.184 e. The van der Waals surface area contributed by atoms with E-state index in [0.717, 1.165) is 24.0 Å². The van der Waals surface area contributed by atoms with Crippen molar-refractivity contribution in [3.05, 3.63) is 82.0 Å². The van der Waals surface area contributed by atoms with Crippen LogP contribution in [0.5, 0.6) is 5.75 Å². The van der Waals surface area contributed by atoms with Crippen LogP contribution in [0, 0.1) is 22.2 Å². The van der Waals surface area contributed by atoms with E-state index in [2.05, 4.69) is 32.9 Å². The van der Waals surface area contributed by atoms with Crippen LogP contribution in [0.4, 0.5) is 0 Å². The van der Waals surface area contributed by atoms with Gasteiger partial charge in [0.1, 0.15) is 22.5 Å². The normalized spacial score (nSPS) is 26.1. The lowest BCUT2D eigenvalue weighted by molar-refractivity contribution is -0.176. The number of aliphatic hydroxyl groups is 1. The van der Waals surface area contributed by atoms with E-state index in [0.29, 0.717) is 12.8 Å². The molecule has 2 fully saturated rings. The SMILES string of the molecule is CC(C)=CCC/C(C)=C/C[C@H]1C[C@]2(CC=C(C)C)C(=O)/C(=C(/O)c3cccc(O)c3)C(=O)[C@@](CC=C(C)C)(C2=O)C1(C)C. The van der Waals surface area contributed by atoms with Gasteiger partial charge < -0.3 is 10.2 Å². The Kier molecular flexibility index (Phi) is 10.3. The van der Waals surface area contributed by atoms with Crippen LogP contribution in [-0.4, -0.2) is 27.6 Å². The summed E-state index contributed by atoms with van der Waals surface area (Å²) in [6, 6.07) is 5.89. The zero-order valence-electron chi connectivity index (χ0n) is 27.6. The second kappa shape index (κ2) is 13.0. The van der Waals surface area contributed by atoms with Crippen molar-refractivity contribution in [3.8, 4) is 5.75 Å². The average molecular weight is 587 g/mol. The molecule has 0 heterocycles. The highest BCUT2D eigenvalue weighted by atomic mass is 16.3. The van der Waals surface area contributed by atoms with E-state index in [1.807, 2.05) is 53.7 Å².